The number of nitrogens with zero attached hydrogens (tertiary/aromatic N) is 2. The van der Waals surface area contributed by atoms with Crippen molar-refractivity contribution >= 4 is 17.7 Å². The Morgan fingerprint density at radius 1 is 1.17 bits per heavy atom. The van der Waals surface area contributed by atoms with E-state index in [4.69, 9.17) is 9.47 Å². The van der Waals surface area contributed by atoms with Crippen LogP contribution in [0.15, 0.2) is 54.6 Å². The van der Waals surface area contributed by atoms with E-state index in [2.05, 4.69) is 0 Å². The Bertz CT molecular complexity index is 836. The van der Waals surface area contributed by atoms with Gasteiger partial charge in [0, 0.05) is 26.9 Å². The fourth-order valence-electron chi connectivity index (χ4n) is 3.71. The lowest BCUT2D eigenvalue weighted by Gasteiger charge is -2.28. The van der Waals surface area contributed by atoms with Gasteiger partial charge in [-0.3, -0.25) is 4.79 Å². The third-order valence-corrected chi connectivity index (χ3v) is 5.35. The van der Waals surface area contributed by atoms with Gasteiger partial charge >= 0.3 is 6.09 Å². The molecule has 1 aliphatic rings. The molecule has 1 fully saturated rings. The van der Waals surface area contributed by atoms with E-state index in [1.54, 1.807) is 14.0 Å². The number of hydrogen-bond donors (Lipinski definition) is 0. The van der Waals surface area contributed by atoms with Gasteiger partial charge in [-0.1, -0.05) is 49.4 Å². The molecule has 154 valence electrons. The quantitative estimate of drug-likeness (QED) is 0.715. The van der Waals surface area contributed by atoms with Gasteiger partial charge in [-0.25, -0.2) is 9.69 Å². The van der Waals surface area contributed by atoms with Crippen molar-refractivity contribution in [1.29, 1.82) is 0 Å². The standard InChI is InChI=1S/C23H28N2O4/c1-16(21(28-4)18-10-12-19(13-11-18)24(2)3)22(26)25-20(15-29-23(25)27)14-17-8-6-5-7-9-17/h5-13,16,20-21H,14-15H2,1-4H3/t16-,20-,21?/m0/s1. The van der Waals surface area contributed by atoms with Gasteiger partial charge in [-0.05, 0) is 29.7 Å². The van der Waals surface area contributed by atoms with Crippen LogP contribution in [-0.4, -0.2) is 50.8 Å². The van der Waals surface area contributed by atoms with E-state index >= 15 is 0 Å². The topological polar surface area (TPSA) is 59.1 Å². The normalized spacial score (nSPS) is 18.3. The first-order valence-electron chi connectivity index (χ1n) is 9.76. The molecule has 2 aromatic rings. The van der Waals surface area contributed by atoms with Crippen LogP contribution in [-0.2, 0) is 20.7 Å². The van der Waals surface area contributed by atoms with E-state index in [0.717, 1.165) is 16.8 Å². The molecule has 6 heteroatoms. The summed E-state index contributed by atoms with van der Waals surface area (Å²) in [6, 6.07) is 17.4. The Balaban J connectivity index is 1.77. The average Bonchev–Trinajstić information content (AvgIpc) is 3.09. The molecule has 1 heterocycles. The number of benzene rings is 2. The zero-order chi connectivity index (χ0) is 21.0. The summed E-state index contributed by atoms with van der Waals surface area (Å²) in [6.45, 7) is 2.00. The zero-order valence-electron chi connectivity index (χ0n) is 17.4. The summed E-state index contributed by atoms with van der Waals surface area (Å²) >= 11 is 0. The minimum Gasteiger partial charge on any atom is -0.447 e. The van der Waals surface area contributed by atoms with Crippen LogP contribution >= 0.6 is 0 Å². The van der Waals surface area contributed by atoms with Gasteiger partial charge in [-0.15, -0.1) is 0 Å². The van der Waals surface area contributed by atoms with Gasteiger partial charge in [0.05, 0.1) is 18.1 Å². The maximum atomic E-state index is 13.2. The number of imide groups is 1. The number of carbonyl (C=O) groups is 2. The van der Waals surface area contributed by atoms with Crippen LogP contribution in [0.2, 0.25) is 0 Å². The monoisotopic (exact) mass is 396 g/mol. The Morgan fingerprint density at radius 3 is 2.41 bits per heavy atom. The Kier molecular flexibility index (Phi) is 6.54. The van der Waals surface area contributed by atoms with E-state index in [0.29, 0.717) is 6.42 Å². The van der Waals surface area contributed by atoms with E-state index in [1.807, 2.05) is 73.6 Å². The summed E-state index contributed by atoms with van der Waals surface area (Å²) in [7, 11) is 5.53. The van der Waals surface area contributed by atoms with E-state index in [1.165, 1.54) is 4.90 Å². The molecule has 2 amide bonds. The van der Waals surface area contributed by atoms with Crippen LogP contribution in [0, 0.1) is 5.92 Å². The molecule has 1 unspecified atom stereocenters. The second kappa shape index (κ2) is 9.09. The Morgan fingerprint density at radius 2 is 1.83 bits per heavy atom. The third-order valence-electron chi connectivity index (χ3n) is 5.35. The molecule has 0 radical (unpaired) electrons. The van der Waals surface area contributed by atoms with Crippen LogP contribution in [0.5, 0.6) is 0 Å². The smallest absolute Gasteiger partial charge is 0.416 e. The van der Waals surface area contributed by atoms with E-state index in [-0.39, 0.29) is 18.6 Å². The summed E-state index contributed by atoms with van der Waals surface area (Å²) in [5.41, 5.74) is 3.02. The van der Waals surface area contributed by atoms with Crippen molar-refractivity contribution in [1.82, 2.24) is 4.90 Å². The SMILES string of the molecule is COC(c1ccc(N(C)C)cc1)[C@H](C)C(=O)N1C(=O)OC[C@@H]1Cc1ccccc1. The highest BCUT2D eigenvalue weighted by Crippen LogP contribution is 2.30. The number of ether oxygens (including phenoxy) is 2. The van der Waals surface area contributed by atoms with Crippen molar-refractivity contribution in [2.75, 3.05) is 32.7 Å². The molecule has 0 spiro atoms. The Labute approximate surface area is 172 Å². The predicted octanol–water partition coefficient (Wildman–Crippen LogP) is 3.67. The van der Waals surface area contributed by atoms with Gasteiger partial charge in [0.25, 0.3) is 0 Å². The van der Waals surface area contributed by atoms with Gasteiger partial charge in [0.1, 0.15) is 6.61 Å². The van der Waals surface area contributed by atoms with Gasteiger partial charge in [0.15, 0.2) is 0 Å². The lowest BCUT2D eigenvalue weighted by atomic mass is 9.94. The zero-order valence-corrected chi connectivity index (χ0v) is 17.4. The van der Waals surface area contributed by atoms with Crippen LogP contribution in [0.1, 0.15) is 24.2 Å². The van der Waals surface area contributed by atoms with E-state index < -0.39 is 18.1 Å². The molecule has 3 atom stereocenters. The maximum Gasteiger partial charge on any atom is 0.416 e. The molecule has 1 aliphatic heterocycles. The predicted molar refractivity (Wildman–Crippen MR) is 112 cm³/mol. The summed E-state index contributed by atoms with van der Waals surface area (Å²) in [4.78, 5) is 28.8. The van der Waals surface area contributed by atoms with Gasteiger partial charge < -0.3 is 14.4 Å². The molecule has 0 aliphatic carbocycles. The maximum absolute atomic E-state index is 13.2. The fourth-order valence-corrected chi connectivity index (χ4v) is 3.71. The first-order chi connectivity index (χ1) is 13.9. The number of carbonyl (C=O) groups excluding carboxylic acids is 2. The third kappa shape index (κ3) is 4.59. The van der Waals surface area contributed by atoms with Crippen molar-refractivity contribution in [3.63, 3.8) is 0 Å². The first kappa shape index (κ1) is 20.9. The summed E-state index contributed by atoms with van der Waals surface area (Å²) in [5, 5.41) is 0. The molecule has 0 saturated carbocycles. The van der Waals surface area contributed by atoms with Gasteiger partial charge in [0.2, 0.25) is 5.91 Å². The van der Waals surface area contributed by atoms with Crippen molar-refractivity contribution < 1.29 is 19.1 Å². The van der Waals surface area contributed by atoms with Crippen LogP contribution < -0.4 is 4.90 Å². The minimum absolute atomic E-state index is 0.210. The molecule has 0 aromatic heterocycles. The molecule has 2 aromatic carbocycles. The van der Waals surface area contributed by atoms with Crippen LogP contribution in [0.3, 0.4) is 0 Å². The van der Waals surface area contributed by atoms with E-state index in [9.17, 15) is 9.59 Å². The highest BCUT2D eigenvalue weighted by atomic mass is 16.6. The first-order valence-corrected chi connectivity index (χ1v) is 9.76. The van der Waals surface area contributed by atoms with Gasteiger partial charge in [-0.2, -0.15) is 0 Å². The molecule has 29 heavy (non-hydrogen) atoms. The van der Waals surface area contributed by atoms with Crippen molar-refractivity contribution in [3.05, 3.63) is 65.7 Å². The number of methoxy groups -OCH3 is 1. The summed E-state index contributed by atoms with van der Waals surface area (Å²) in [5.74, 6) is -0.814. The number of amides is 2. The molecule has 6 nitrogen and oxygen atoms in total. The van der Waals surface area contributed by atoms with Crippen LogP contribution in [0.4, 0.5) is 10.5 Å². The largest absolute Gasteiger partial charge is 0.447 e. The number of anilines is 1. The lowest BCUT2D eigenvalue weighted by molar-refractivity contribution is -0.137. The molecule has 0 N–H and O–H groups in total. The van der Waals surface area contributed by atoms with Crippen molar-refractivity contribution in [2.24, 2.45) is 5.92 Å². The summed E-state index contributed by atoms with van der Waals surface area (Å²) in [6.07, 6.45) is -0.467. The second-order valence-electron chi connectivity index (χ2n) is 7.56. The second-order valence-corrected chi connectivity index (χ2v) is 7.56. The van der Waals surface area contributed by atoms with Crippen molar-refractivity contribution in [2.45, 2.75) is 25.5 Å². The highest BCUT2D eigenvalue weighted by Gasteiger charge is 2.41. The highest BCUT2D eigenvalue weighted by molar-refractivity contribution is 5.95. The Hall–Kier alpha value is -2.86. The number of rotatable bonds is 7. The molecular formula is C23H28N2O4. The lowest BCUT2D eigenvalue weighted by Crippen LogP contribution is -2.44. The molecule has 0 bridgehead atoms. The summed E-state index contributed by atoms with van der Waals surface area (Å²) < 4.78 is 10.9. The number of cyclic esters (lactones) is 1. The fraction of sp³-hybridized carbons (Fsp3) is 0.391. The number of hydrogen-bond acceptors (Lipinski definition) is 5. The minimum atomic E-state index is -0.583. The molecule has 1 saturated heterocycles. The molecular weight excluding hydrogens is 368 g/mol. The average molecular weight is 396 g/mol. The van der Waals surface area contributed by atoms with Crippen molar-refractivity contribution in [3.8, 4) is 0 Å². The molecule has 3 rings (SSSR count). The van der Waals surface area contributed by atoms with Crippen LogP contribution in [0.25, 0.3) is 0 Å².